The van der Waals surface area contributed by atoms with Crippen LogP contribution in [0.15, 0.2) is 18.2 Å². The second-order valence-electron chi connectivity index (χ2n) is 5.06. The Bertz CT molecular complexity index is 458. The smallest absolute Gasteiger partial charge is 0.325 e. The van der Waals surface area contributed by atoms with Crippen LogP contribution in [-0.4, -0.2) is 34.6 Å². The Kier molecular flexibility index (Phi) is 3.36. The minimum atomic E-state index is -1.16. The number of nitrogens with two attached hydrogens (primary N) is 1. The molecule has 0 spiro atoms. The molecule has 1 heterocycles. The van der Waals surface area contributed by atoms with Crippen LogP contribution in [0.5, 0.6) is 0 Å². The predicted molar refractivity (Wildman–Crippen MR) is 65.6 cm³/mol. The van der Waals surface area contributed by atoms with Gasteiger partial charge in [-0.1, -0.05) is 6.07 Å². The predicted octanol–water partition coefficient (Wildman–Crippen LogP) is 1.12. The van der Waals surface area contributed by atoms with Gasteiger partial charge in [0, 0.05) is 19.6 Å². The molecular formula is C13H17FN2O2. The lowest BCUT2D eigenvalue weighted by molar-refractivity contribution is -0.142. The van der Waals surface area contributed by atoms with E-state index in [2.05, 4.69) is 0 Å². The van der Waals surface area contributed by atoms with Crippen LogP contribution in [0, 0.1) is 12.7 Å². The van der Waals surface area contributed by atoms with E-state index in [0.717, 1.165) is 11.1 Å². The number of nitrogens with zero attached hydrogens (tertiary/aromatic N) is 1. The topological polar surface area (TPSA) is 66.6 Å². The summed E-state index contributed by atoms with van der Waals surface area (Å²) < 4.78 is 13.2. The summed E-state index contributed by atoms with van der Waals surface area (Å²) in [5.41, 5.74) is 6.34. The molecular weight excluding hydrogens is 235 g/mol. The van der Waals surface area contributed by atoms with E-state index in [0.29, 0.717) is 26.1 Å². The molecule has 0 unspecified atom stereocenters. The molecule has 1 aliphatic rings. The highest BCUT2D eigenvalue weighted by atomic mass is 19.1. The molecule has 0 aromatic heterocycles. The van der Waals surface area contributed by atoms with Crippen LogP contribution >= 0.6 is 0 Å². The van der Waals surface area contributed by atoms with Crippen LogP contribution in [-0.2, 0) is 11.3 Å². The molecule has 4 nitrogen and oxygen atoms in total. The summed E-state index contributed by atoms with van der Waals surface area (Å²) in [5, 5.41) is 9.03. The molecule has 0 radical (unpaired) electrons. The molecule has 0 amide bonds. The minimum Gasteiger partial charge on any atom is -0.480 e. The Balaban J connectivity index is 2.06. The summed E-state index contributed by atoms with van der Waals surface area (Å²) in [6.07, 6.45) is 0.427. The van der Waals surface area contributed by atoms with Crippen LogP contribution in [0.2, 0.25) is 0 Å². The van der Waals surface area contributed by atoms with Gasteiger partial charge in [0.05, 0.1) is 0 Å². The summed E-state index contributed by atoms with van der Waals surface area (Å²) in [5.74, 6) is -1.23. The van der Waals surface area contributed by atoms with Gasteiger partial charge in [-0.25, -0.2) is 4.39 Å². The van der Waals surface area contributed by atoms with Gasteiger partial charge in [-0.05, 0) is 36.6 Å². The van der Waals surface area contributed by atoms with Crippen molar-refractivity contribution in [2.45, 2.75) is 25.4 Å². The Morgan fingerprint density at radius 1 is 1.56 bits per heavy atom. The van der Waals surface area contributed by atoms with Gasteiger partial charge in [0.15, 0.2) is 0 Å². The van der Waals surface area contributed by atoms with E-state index in [-0.39, 0.29) is 5.82 Å². The lowest BCUT2D eigenvalue weighted by Crippen LogP contribution is -2.50. The molecule has 18 heavy (non-hydrogen) atoms. The Morgan fingerprint density at radius 2 is 2.28 bits per heavy atom. The number of carboxylic acids is 1. The van der Waals surface area contributed by atoms with Gasteiger partial charge in [0.2, 0.25) is 0 Å². The fraction of sp³-hybridized carbons (Fsp3) is 0.462. The number of aryl methyl sites for hydroxylation is 1. The molecule has 2 rings (SSSR count). The fourth-order valence-electron chi connectivity index (χ4n) is 2.39. The molecule has 98 valence electrons. The van der Waals surface area contributed by atoms with Gasteiger partial charge >= 0.3 is 5.97 Å². The first-order valence-electron chi connectivity index (χ1n) is 5.90. The summed E-state index contributed by atoms with van der Waals surface area (Å²) in [6.45, 7) is 3.29. The monoisotopic (exact) mass is 252 g/mol. The van der Waals surface area contributed by atoms with E-state index < -0.39 is 11.5 Å². The van der Waals surface area contributed by atoms with E-state index in [9.17, 15) is 9.18 Å². The molecule has 0 aliphatic carbocycles. The van der Waals surface area contributed by atoms with Gasteiger partial charge in [0.1, 0.15) is 11.4 Å². The molecule has 0 bridgehead atoms. The number of likely N-dealkylation sites (tertiary alicyclic amines) is 1. The van der Waals surface area contributed by atoms with Crippen molar-refractivity contribution in [3.8, 4) is 0 Å². The van der Waals surface area contributed by atoms with E-state index in [4.69, 9.17) is 10.8 Å². The van der Waals surface area contributed by atoms with Crippen LogP contribution in [0.4, 0.5) is 4.39 Å². The molecule has 0 saturated carbocycles. The average molecular weight is 252 g/mol. The average Bonchev–Trinajstić information content (AvgIpc) is 2.60. The third-order valence-corrected chi connectivity index (χ3v) is 3.31. The van der Waals surface area contributed by atoms with Crippen molar-refractivity contribution < 1.29 is 14.3 Å². The summed E-state index contributed by atoms with van der Waals surface area (Å²) in [7, 11) is 0. The highest BCUT2D eigenvalue weighted by Crippen LogP contribution is 2.21. The van der Waals surface area contributed by atoms with Gasteiger partial charge < -0.3 is 10.8 Å². The second kappa shape index (κ2) is 4.66. The van der Waals surface area contributed by atoms with E-state index in [1.165, 1.54) is 12.1 Å². The fourth-order valence-corrected chi connectivity index (χ4v) is 2.39. The summed E-state index contributed by atoms with van der Waals surface area (Å²) in [4.78, 5) is 13.0. The minimum absolute atomic E-state index is 0.263. The largest absolute Gasteiger partial charge is 0.480 e. The van der Waals surface area contributed by atoms with Crippen LogP contribution in [0.3, 0.4) is 0 Å². The summed E-state index contributed by atoms with van der Waals surface area (Å²) in [6, 6.07) is 4.85. The van der Waals surface area contributed by atoms with Gasteiger partial charge in [0.25, 0.3) is 0 Å². The molecule has 1 aromatic rings. The molecule has 1 aromatic carbocycles. The number of carboxylic acid groups (broad SMARTS) is 1. The van der Waals surface area contributed by atoms with Crippen molar-refractivity contribution >= 4 is 5.97 Å². The zero-order valence-corrected chi connectivity index (χ0v) is 10.3. The zero-order chi connectivity index (χ0) is 13.3. The Morgan fingerprint density at radius 3 is 2.83 bits per heavy atom. The first-order chi connectivity index (χ1) is 8.39. The van der Waals surface area contributed by atoms with Gasteiger partial charge in [-0.15, -0.1) is 0 Å². The van der Waals surface area contributed by atoms with Crippen LogP contribution in [0.1, 0.15) is 17.5 Å². The van der Waals surface area contributed by atoms with Crippen LogP contribution < -0.4 is 5.73 Å². The quantitative estimate of drug-likeness (QED) is 0.846. The van der Waals surface area contributed by atoms with E-state index in [1.54, 1.807) is 0 Å². The maximum Gasteiger partial charge on any atom is 0.325 e. The SMILES string of the molecule is Cc1cc(F)cc(CN2CC[C@@](N)(C(=O)O)C2)c1. The second-order valence-corrected chi connectivity index (χ2v) is 5.06. The molecule has 5 heteroatoms. The van der Waals surface area contributed by atoms with Crippen LogP contribution in [0.25, 0.3) is 0 Å². The highest BCUT2D eigenvalue weighted by Gasteiger charge is 2.40. The van der Waals surface area contributed by atoms with Crippen molar-refractivity contribution in [1.29, 1.82) is 0 Å². The molecule has 1 fully saturated rings. The van der Waals surface area contributed by atoms with Gasteiger partial charge in [-0.2, -0.15) is 0 Å². The van der Waals surface area contributed by atoms with Crippen molar-refractivity contribution in [3.05, 3.63) is 35.1 Å². The number of aliphatic carboxylic acids is 1. The molecule has 3 N–H and O–H groups in total. The Labute approximate surface area is 105 Å². The third-order valence-electron chi connectivity index (χ3n) is 3.31. The van der Waals surface area contributed by atoms with E-state index in [1.807, 2.05) is 17.9 Å². The first kappa shape index (κ1) is 13.0. The van der Waals surface area contributed by atoms with E-state index >= 15 is 0 Å². The first-order valence-corrected chi connectivity index (χ1v) is 5.90. The highest BCUT2D eigenvalue weighted by molar-refractivity contribution is 5.79. The van der Waals surface area contributed by atoms with Crippen molar-refractivity contribution in [3.63, 3.8) is 0 Å². The zero-order valence-electron chi connectivity index (χ0n) is 10.3. The standard InChI is InChI=1S/C13H17FN2O2/c1-9-4-10(6-11(14)5-9)7-16-3-2-13(15,8-16)12(17)18/h4-6H,2-3,7-8,15H2,1H3,(H,17,18)/t13-/m0/s1. The number of benzene rings is 1. The number of halogens is 1. The molecule has 1 atom stereocenters. The normalized spacial score (nSPS) is 24.4. The van der Waals surface area contributed by atoms with Crippen molar-refractivity contribution in [1.82, 2.24) is 4.90 Å². The van der Waals surface area contributed by atoms with Crippen molar-refractivity contribution in [2.24, 2.45) is 5.73 Å². The number of hydrogen-bond donors (Lipinski definition) is 2. The van der Waals surface area contributed by atoms with Gasteiger partial charge in [-0.3, -0.25) is 9.69 Å². The maximum atomic E-state index is 13.2. The summed E-state index contributed by atoms with van der Waals surface area (Å²) >= 11 is 0. The number of carbonyl (C=O) groups is 1. The maximum absolute atomic E-state index is 13.2. The number of hydrogen-bond acceptors (Lipinski definition) is 3. The third kappa shape index (κ3) is 2.68. The lowest BCUT2D eigenvalue weighted by atomic mass is 10.0. The Hall–Kier alpha value is -1.46. The molecule has 1 aliphatic heterocycles. The van der Waals surface area contributed by atoms with Crippen molar-refractivity contribution in [2.75, 3.05) is 13.1 Å². The lowest BCUT2D eigenvalue weighted by Gasteiger charge is -2.20. The molecule has 1 saturated heterocycles. The number of rotatable bonds is 3.